The molecule has 2 rings (SSSR count). The highest BCUT2D eigenvalue weighted by atomic mass is 32.2. The Bertz CT molecular complexity index is 547. The van der Waals surface area contributed by atoms with Crippen LogP contribution in [0.3, 0.4) is 0 Å². The number of benzene rings is 1. The summed E-state index contributed by atoms with van der Waals surface area (Å²) in [6, 6.07) is 5.11. The van der Waals surface area contributed by atoms with Crippen LogP contribution in [-0.4, -0.2) is 25.8 Å². The molecule has 2 N–H and O–H groups in total. The van der Waals surface area contributed by atoms with E-state index in [1.54, 1.807) is 16.4 Å². The first-order valence-electron chi connectivity index (χ1n) is 7.44. The zero-order valence-electron chi connectivity index (χ0n) is 12.1. The predicted octanol–water partition coefficient (Wildman–Crippen LogP) is 2.79. The number of aryl methyl sites for hydroxylation is 1. The van der Waals surface area contributed by atoms with E-state index in [4.69, 9.17) is 5.73 Å². The third-order valence-electron chi connectivity index (χ3n) is 3.95. The smallest absolute Gasteiger partial charge is 0.243 e. The van der Waals surface area contributed by atoms with Gasteiger partial charge in [-0.15, -0.1) is 0 Å². The number of nitrogen functional groups attached to an aromatic ring is 1. The van der Waals surface area contributed by atoms with E-state index in [0.29, 0.717) is 23.7 Å². The Balaban J connectivity index is 2.26. The van der Waals surface area contributed by atoms with Crippen molar-refractivity contribution in [2.24, 2.45) is 0 Å². The molecule has 0 amide bonds. The second kappa shape index (κ2) is 6.59. The van der Waals surface area contributed by atoms with Crippen molar-refractivity contribution in [3.05, 3.63) is 23.8 Å². The Morgan fingerprint density at radius 3 is 2.25 bits per heavy atom. The lowest BCUT2D eigenvalue weighted by Crippen LogP contribution is -2.33. The summed E-state index contributed by atoms with van der Waals surface area (Å²) >= 11 is 0. The summed E-state index contributed by atoms with van der Waals surface area (Å²) in [5.74, 6) is 0. The van der Waals surface area contributed by atoms with Gasteiger partial charge in [-0.25, -0.2) is 8.42 Å². The molecule has 112 valence electrons. The number of sulfonamides is 1. The minimum absolute atomic E-state index is 0.327. The van der Waals surface area contributed by atoms with Crippen molar-refractivity contribution in [1.82, 2.24) is 4.31 Å². The van der Waals surface area contributed by atoms with E-state index in [-0.39, 0.29) is 0 Å². The molecule has 0 atom stereocenters. The quantitative estimate of drug-likeness (QED) is 0.872. The first kappa shape index (κ1) is 15.3. The molecule has 0 spiro atoms. The molecular formula is C15H24N2O2S. The van der Waals surface area contributed by atoms with Crippen molar-refractivity contribution < 1.29 is 8.42 Å². The van der Waals surface area contributed by atoms with Crippen molar-refractivity contribution in [3.63, 3.8) is 0 Å². The summed E-state index contributed by atoms with van der Waals surface area (Å²) in [5, 5.41) is 0. The highest BCUT2D eigenvalue weighted by Crippen LogP contribution is 2.23. The van der Waals surface area contributed by atoms with Gasteiger partial charge in [0.25, 0.3) is 0 Å². The number of anilines is 1. The van der Waals surface area contributed by atoms with Gasteiger partial charge in [0.2, 0.25) is 10.0 Å². The lowest BCUT2D eigenvalue weighted by Gasteiger charge is -2.24. The highest BCUT2D eigenvalue weighted by molar-refractivity contribution is 7.89. The lowest BCUT2D eigenvalue weighted by atomic mass is 10.1. The molecule has 0 saturated carbocycles. The fourth-order valence-electron chi connectivity index (χ4n) is 2.66. The molecule has 4 nitrogen and oxygen atoms in total. The minimum Gasteiger partial charge on any atom is -0.398 e. The monoisotopic (exact) mass is 296 g/mol. The molecule has 0 bridgehead atoms. The zero-order chi connectivity index (χ0) is 14.6. The van der Waals surface area contributed by atoms with E-state index in [1.807, 2.05) is 13.0 Å². The highest BCUT2D eigenvalue weighted by Gasteiger charge is 2.24. The summed E-state index contributed by atoms with van der Waals surface area (Å²) in [4.78, 5) is 0.327. The zero-order valence-corrected chi connectivity index (χ0v) is 13.0. The molecule has 1 fully saturated rings. The summed E-state index contributed by atoms with van der Waals surface area (Å²) in [6.07, 6.45) is 6.15. The number of rotatable bonds is 3. The third kappa shape index (κ3) is 3.33. The van der Waals surface area contributed by atoms with Gasteiger partial charge >= 0.3 is 0 Å². The Kier molecular flexibility index (Phi) is 5.05. The van der Waals surface area contributed by atoms with Crippen LogP contribution in [-0.2, 0) is 16.4 Å². The van der Waals surface area contributed by atoms with Crippen LogP contribution in [0.2, 0.25) is 0 Å². The molecule has 1 aliphatic rings. The van der Waals surface area contributed by atoms with Crippen molar-refractivity contribution in [2.45, 2.75) is 50.3 Å². The van der Waals surface area contributed by atoms with Gasteiger partial charge in [0.1, 0.15) is 0 Å². The molecule has 5 heteroatoms. The summed E-state index contributed by atoms with van der Waals surface area (Å²) in [7, 11) is -3.40. The fraction of sp³-hybridized carbons (Fsp3) is 0.600. The molecule has 1 heterocycles. The summed E-state index contributed by atoms with van der Waals surface area (Å²) in [5.41, 5.74) is 7.50. The van der Waals surface area contributed by atoms with Gasteiger partial charge in [0.15, 0.2) is 0 Å². The largest absolute Gasteiger partial charge is 0.398 e. The average molecular weight is 296 g/mol. The van der Waals surface area contributed by atoms with E-state index in [9.17, 15) is 8.42 Å². The SMILES string of the molecule is CCc1ccc(S(=O)(=O)N2CCCCCCC2)cc1N. The van der Waals surface area contributed by atoms with Gasteiger partial charge in [-0.05, 0) is 37.0 Å². The lowest BCUT2D eigenvalue weighted by molar-refractivity contribution is 0.364. The van der Waals surface area contributed by atoms with Crippen LogP contribution in [0, 0.1) is 0 Å². The van der Waals surface area contributed by atoms with Crippen LogP contribution in [0.25, 0.3) is 0 Å². The van der Waals surface area contributed by atoms with Crippen LogP contribution in [0.15, 0.2) is 23.1 Å². The second-order valence-electron chi connectivity index (χ2n) is 5.39. The van der Waals surface area contributed by atoms with Crippen molar-refractivity contribution >= 4 is 15.7 Å². The maximum atomic E-state index is 12.7. The topological polar surface area (TPSA) is 63.4 Å². The fourth-order valence-corrected chi connectivity index (χ4v) is 4.22. The Morgan fingerprint density at radius 2 is 1.70 bits per heavy atom. The summed E-state index contributed by atoms with van der Waals surface area (Å²) < 4.78 is 27.0. The van der Waals surface area contributed by atoms with Crippen molar-refractivity contribution in [3.8, 4) is 0 Å². The molecule has 20 heavy (non-hydrogen) atoms. The van der Waals surface area contributed by atoms with Crippen molar-refractivity contribution in [2.75, 3.05) is 18.8 Å². The van der Waals surface area contributed by atoms with E-state index < -0.39 is 10.0 Å². The number of hydrogen-bond donors (Lipinski definition) is 1. The molecule has 0 radical (unpaired) electrons. The number of nitrogens with two attached hydrogens (primary N) is 1. The first-order valence-corrected chi connectivity index (χ1v) is 8.88. The van der Waals surface area contributed by atoms with E-state index in [0.717, 1.165) is 37.7 Å². The maximum Gasteiger partial charge on any atom is 0.243 e. The van der Waals surface area contributed by atoms with Gasteiger partial charge in [-0.3, -0.25) is 0 Å². The molecule has 0 aliphatic carbocycles. The van der Waals surface area contributed by atoms with Crippen molar-refractivity contribution in [1.29, 1.82) is 0 Å². The normalized spacial score (nSPS) is 18.4. The minimum atomic E-state index is -3.40. The maximum absolute atomic E-state index is 12.7. The molecule has 0 aromatic heterocycles. The molecule has 1 aromatic rings. The standard InChI is InChI=1S/C15H24N2O2S/c1-2-13-8-9-14(12-15(13)16)20(18,19)17-10-6-4-3-5-7-11-17/h8-9,12H,2-7,10-11,16H2,1H3. The Hall–Kier alpha value is -1.07. The van der Waals surface area contributed by atoms with E-state index in [1.165, 1.54) is 6.42 Å². The van der Waals surface area contributed by atoms with Gasteiger partial charge in [0.05, 0.1) is 4.90 Å². The van der Waals surface area contributed by atoms with Crippen LogP contribution in [0.5, 0.6) is 0 Å². The Labute approximate surface area is 122 Å². The summed E-state index contributed by atoms with van der Waals surface area (Å²) in [6.45, 7) is 3.26. The van der Waals surface area contributed by atoms with Gasteiger partial charge in [-0.1, -0.05) is 32.3 Å². The third-order valence-corrected chi connectivity index (χ3v) is 5.85. The van der Waals surface area contributed by atoms with Crippen LogP contribution < -0.4 is 5.73 Å². The van der Waals surface area contributed by atoms with Gasteiger partial charge in [0, 0.05) is 18.8 Å². The van der Waals surface area contributed by atoms with Crippen LogP contribution >= 0.6 is 0 Å². The number of nitrogens with zero attached hydrogens (tertiary/aromatic N) is 1. The average Bonchev–Trinajstić information content (AvgIpc) is 2.37. The molecular weight excluding hydrogens is 272 g/mol. The molecule has 1 aromatic carbocycles. The van der Waals surface area contributed by atoms with Crippen LogP contribution in [0.1, 0.15) is 44.6 Å². The second-order valence-corrected chi connectivity index (χ2v) is 7.32. The van der Waals surface area contributed by atoms with E-state index in [2.05, 4.69) is 0 Å². The van der Waals surface area contributed by atoms with Gasteiger partial charge < -0.3 is 5.73 Å². The molecule has 1 saturated heterocycles. The predicted molar refractivity (Wildman–Crippen MR) is 82.1 cm³/mol. The van der Waals surface area contributed by atoms with Gasteiger partial charge in [-0.2, -0.15) is 4.31 Å². The van der Waals surface area contributed by atoms with E-state index >= 15 is 0 Å². The number of hydrogen-bond acceptors (Lipinski definition) is 3. The molecule has 0 unspecified atom stereocenters. The first-order chi connectivity index (χ1) is 9.55. The Morgan fingerprint density at radius 1 is 1.10 bits per heavy atom. The molecule has 1 aliphatic heterocycles. The van der Waals surface area contributed by atoms with Crippen LogP contribution in [0.4, 0.5) is 5.69 Å².